The number of aryl methyl sites for hydroxylation is 2. The molecule has 3 heterocycles. The second-order valence-electron chi connectivity index (χ2n) is 7.02. The van der Waals surface area contributed by atoms with Crippen molar-refractivity contribution in [3.05, 3.63) is 40.7 Å². The van der Waals surface area contributed by atoms with Crippen LogP contribution in [0.4, 0.5) is 0 Å². The average molecular weight is 532 g/mol. The Labute approximate surface area is 195 Å². The van der Waals surface area contributed by atoms with Crippen LogP contribution in [0.15, 0.2) is 23.3 Å². The lowest BCUT2D eigenvalue weighted by atomic mass is 10.2. The molecule has 7 nitrogen and oxygen atoms in total. The molecule has 160 valence electrons. The number of nitrogens with zero attached hydrogens (tertiary/aromatic N) is 5. The number of hydrogen-bond acceptors (Lipinski definition) is 4. The molecule has 0 aliphatic carbocycles. The smallest absolute Gasteiger partial charge is 0.191 e. The Morgan fingerprint density at radius 3 is 2.86 bits per heavy atom. The highest BCUT2D eigenvalue weighted by Crippen LogP contribution is 2.15. The van der Waals surface area contributed by atoms with Gasteiger partial charge in [-0.1, -0.05) is 24.1 Å². The van der Waals surface area contributed by atoms with Crippen LogP contribution in [0.3, 0.4) is 0 Å². The molecule has 0 saturated heterocycles. The summed E-state index contributed by atoms with van der Waals surface area (Å²) in [7, 11) is 0. The third kappa shape index (κ3) is 7.73. The number of aliphatic imine (C=N–C) groups is 1. The van der Waals surface area contributed by atoms with Gasteiger partial charge in [0.2, 0.25) is 0 Å². The zero-order chi connectivity index (χ0) is 19.6. The summed E-state index contributed by atoms with van der Waals surface area (Å²) >= 11 is 5.83. The summed E-state index contributed by atoms with van der Waals surface area (Å²) in [6.07, 6.45) is 9.39. The molecule has 0 bridgehead atoms. The molecule has 0 spiro atoms. The zero-order valence-electron chi connectivity index (χ0n) is 17.0. The van der Waals surface area contributed by atoms with Gasteiger partial charge in [0.1, 0.15) is 16.8 Å². The van der Waals surface area contributed by atoms with E-state index in [4.69, 9.17) is 11.6 Å². The van der Waals surface area contributed by atoms with E-state index in [9.17, 15) is 0 Å². The van der Waals surface area contributed by atoms with Gasteiger partial charge in [0.05, 0.1) is 0 Å². The van der Waals surface area contributed by atoms with Crippen LogP contribution >= 0.6 is 35.6 Å². The van der Waals surface area contributed by atoms with Crippen molar-refractivity contribution >= 4 is 41.5 Å². The molecular formula is C20H31ClIN7. The lowest BCUT2D eigenvalue weighted by molar-refractivity contribution is 0.597. The second kappa shape index (κ2) is 13.0. The summed E-state index contributed by atoms with van der Waals surface area (Å²) in [4.78, 5) is 8.80. The first-order chi connectivity index (χ1) is 13.8. The first-order valence-corrected chi connectivity index (χ1v) is 10.7. The van der Waals surface area contributed by atoms with Crippen LogP contribution in [0.5, 0.6) is 0 Å². The number of guanidine groups is 1. The highest BCUT2D eigenvalue weighted by Gasteiger charge is 2.14. The van der Waals surface area contributed by atoms with Crippen molar-refractivity contribution in [1.82, 2.24) is 30.4 Å². The van der Waals surface area contributed by atoms with Crippen LogP contribution in [0.25, 0.3) is 0 Å². The monoisotopic (exact) mass is 531 g/mol. The summed E-state index contributed by atoms with van der Waals surface area (Å²) < 4.78 is 2.32. The molecule has 1 aliphatic rings. The number of nitrogens with one attached hydrogen (secondary N) is 2. The molecule has 0 fully saturated rings. The number of fused-ring (bicyclic) bond motifs is 1. The lowest BCUT2D eigenvalue weighted by Crippen LogP contribution is -2.38. The van der Waals surface area contributed by atoms with E-state index in [1.165, 1.54) is 19.3 Å². The van der Waals surface area contributed by atoms with Gasteiger partial charge in [-0.25, -0.2) is 4.98 Å². The molecule has 1 aliphatic heterocycles. The maximum Gasteiger partial charge on any atom is 0.191 e. The predicted octanol–water partition coefficient (Wildman–Crippen LogP) is 3.40. The maximum absolute atomic E-state index is 5.83. The molecule has 0 atom stereocenters. The van der Waals surface area contributed by atoms with E-state index in [0.29, 0.717) is 5.15 Å². The first-order valence-electron chi connectivity index (χ1n) is 10.3. The fourth-order valence-electron chi connectivity index (χ4n) is 3.38. The number of aromatic nitrogens is 4. The summed E-state index contributed by atoms with van der Waals surface area (Å²) in [5.41, 5.74) is 1.15. The largest absolute Gasteiger partial charge is 0.357 e. The van der Waals surface area contributed by atoms with Crippen molar-refractivity contribution < 1.29 is 0 Å². The molecule has 9 heteroatoms. The Balaban J connectivity index is 0.00000300. The van der Waals surface area contributed by atoms with Gasteiger partial charge in [0.25, 0.3) is 0 Å². The third-order valence-corrected chi connectivity index (χ3v) is 5.08. The SMILES string of the molecule is CCNC(=NCCCc1nnc2n1CCCCC2)NCCc1ccc(Cl)nc1.I. The van der Waals surface area contributed by atoms with Crippen molar-refractivity contribution in [2.75, 3.05) is 19.6 Å². The van der Waals surface area contributed by atoms with Crippen molar-refractivity contribution in [1.29, 1.82) is 0 Å². The normalized spacial score (nSPS) is 13.9. The minimum Gasteiger partial charge on any atom is -0.357 e. The van der Waals surface area contributed by atoms with E-state index >= 15 is 0 Å². The van der Waals surface area contributed by atoms with Crippen LogP contribution in [-0.2, 0) is 25.8 Å². The number of rotatable bonds is 8. The fraction of sp³-hybridized carbons (Fsp3) is 0.600. The lowest BCUT2D eigenvalue weighted by Gasteiger charge is -2.11. The fourth-order valence-corrected chi connectivity index (χ4v) is 3.49. The molecule has 0 amide bonds. The Kier molecular flexibility index (Phi) is 10.7. The van der Waals surface area contributed by atoms with Gasteiger partial charge in [0.15, 0.2) is 5.96 Å². The van der Waals surface area contributed by atoms with Crippen LogP contribution in [0.1, 0.15) is 49.8 Å². The van der Waals surface area contributed by atoms with Gasteiger partial charge >= 0.3 is 0 Å². The molecule has 2 aromatic heterocycles. The molecular weight excluding hydrogens is 501 g/mol. The van der Waals surface area contributed by atoms with Crippen LogP contribution in [0, 0.1) is 0 Å². The standard InChI is InChI=1S/C20H30ClN7.HI/c1-2-22-20(24-13-11-16-9-10-17(21)25-15-16)23-12-6-8-19-27-26-18-7-4-3-5-14-28(18)19;/h9-10,15H,2-8,11-14H2,1H3,(H2,22,23,24);1H. The Hall–Kier alpha value is -1.42. The van der Waals surface area contributed by atoms with Gasteiger partial charge in [0, 0.05) is 45.2 Å². The van der Waals surface area contributed by atoms with E-state index in [1.54, 1.807) is 0 Å². The molecule has 0 unspecified atom stereocenters. The van der Waals surface area contributed by atoms with Crippen LogP contribution in [0.2, 0.25) is 5.15 Å². The molecule has 2 aromatic rings. The zero-order valence-corrected chi connectivity index (χ0v) is 20.1. The van der Waals surface area contributed by atoms with E-state index in [2.05, 4.69) is 42.3 Å². The molecule has 0 aromatic carbocycles. The molecule has 29 heavy (non-hydrogen) atoms. The van der Waals surface area contributed by atoms with Crippen molar-refractivity contribution in [2.24, 2.45) is 4.99 Å². The van der Waals surface area contributed by atoms with Gasteiger partial charge in [-0.3, -0.25) is 4.99 Å². The average Bonchev–Trinajstić information content (AvgIpc) is 2.93. The number of pyridine rings is 1. The molecule has 0 radical (unpaired) electrons. The predicted molar refractivity (Wildman–Crippen MR) is 128 cm³/mol. The van der Waals surface area contributed by atoms with Crippen LogP contribution < -0.4 is 10.6 Å². The summed E-state index contributed by atoms with van der Waals surface area (Å²) in [5.74, 6) is 3.12. The second-order valence-corrected chi connectivity index (χ2v) is 7.41. The van der Waals surface area contributed by atoms with E-state index in [0.717, 1.165) is 75.0 Å². The highest BCUT2D eigenvalue weighted by atomic mass is 127. The maximum atomic E-state index is 5.83. The van der Waals surface area contributed by atoms with Crippen molar-refractivity contribution in [2.45, 2.75) is 58.4 Å². The van der Waals surface area contributed by atoms with Crippen molar-refractivity contribution in [3.8, 4) is 0 Å². The van der Waals surface area contributed by atoms with E-state index < -0.39 is 0 Å². The number of hydrogen-bond donors (Lipinski definition) is 2. The highest BCUT2D eigenvalue weighted by molar-refractivity contribution is 14.0. The van der Waals surface area contributed by atoms with Gasteiger partial charge < -0.3 is 15.2 Å². The summed E-state index contributed by atoms with van der Waals surface area (Å²) in [6, 6.07) is 3.82. The minimum absolute atomic E-state index is 0. The molecule has 0 saturated carbocycles. The summed E-state index contributed by atoms with van der Waals surface area (Å²) in [5, 5.41) is 16.0. The van der Waals surface area contributed by atoms with Gasteiger partial charge in [-0.2, -0.15) is 0 Å². The molecule has 2 N–H and O–H groups in total. The van der Waals surface area contributed by atoms with E-state index in [1.807, 2.05) is 18.3 Å². The topological polar surface area (TPSA) is 80.0 Å². The minimum atomic E-state index is 0. The first kappa shape index (κ1) is 23.9. The number of halogens is 2. The quantitative estimate of drug-likeness (QED) is 0.179. The van der Waals surface area contributed by atoms with Crippen molar-refractivity contribution in [3.63, 3.8) is 0 Å². The Morgan fingerprint density at radius 1 is 1.17 bits per heavy atom. The third-order valence-electron chi connectivity index (χ3n) is 4.85. The van der Waals surface area contributed by atoms with Crippen LogP contribution in [-0.4, -0.2) is 45.3 Å². The Morgan fingerprint density at radius 2 is 2.07 bits per heavy atom. The summed E-state index contributed by atoms with van der Waals surface area (Å²) in [6.45, 7) is 5.54. The Bertz CT molecular complexity index is 761. The van der Waals surface area contributed by atoms with Gasteiger partial charge in [-0.15, -0.1) is 34.2 Å². The van der Waals surface area contributed by atoms with E-state index in [-0.39, 0.29) is 24.0 Å². The molecule has 3 rings (SSSR count). The van der Waals surface area contributed by atoms with Gasteiger partial charge in [-0.05, 0) is 44.2 Å².